The highest BCUT2D eigenvalue weighted by Crippen LogP contribution is 2.42. The van der Waals surface area contributed by atoms with Gasteiger partial charge in [-0.15, -0.1) is 11.3 Å². The molecule has 17 heavy (non-hydrogen) atoms. The highest BCUT2D eigenvalue weighted by molar-refractivity contribution is 7.10. The van der Waals surface area contributed by atoms with Crippen molar-refractivity contribution in [2.75, 3.05) is 0 Å². The van der Waals surface area contributed by atoms with Gasteiger partial charge in [0.15, 0.2) is 0 Å². The molecule has 1 heterocycles. The van der Waals surface area contributed by atoms with E-state index in [0.717, 1.165) is 22.8 Å². The first kappa shape index (κ1) is 11.0. The highest BCUT2D eigenvalue weighted by Gasteiger charge is 2.36. The van der Waals surface area contributed by atoms with E-state index in [9.17, 15) is 4.79 Å². The molecule has 1 amide bonds. The van der Waals surface area contributed by atoms with E-state index in [1.807, 2.05) is 18.4 Å². The van der Waals surface area contributed by atoms with E-state index in [1.54, 1.807) is 11.3 Å². The second-order valence-corrected chi connectivity index (χ2v) is 6.19. The summed E-state index contributed by atoms with van der Waals surface area (Å²) in [6, 6.07) is 1.90. The molecule has 0 aromatic carbocycles. The maximum Gasteiger partial charge on any atom is 0.272 e. The normalized spacial score (nSPS) is 28.9. The summed E-state index contributed by atoms with van der Waals surface area (Å²) in [5, 5.41) is 6.19. The summed E-state index contributed by atoms with van der Waals surface area (Å²) in [6.45, 7) is 2.00. The van der Waals surface area contributed by atoms with Gasteiger partial charge < -0.3 is 0 Å². The van der Waals surface area contributed by atoms with Crippen LogP contribution in [0.25, 0.3) is 0 Å². The molecule has 3 rings (SSSR count). The van der Waals surface area contributed by atoms with Crippen LogP contribution in [0.5, 0.6) is 0 Å². The number of nitrogens with zero attached hydrogens (tertiary/aromatic N) is 1. The number of thiophene rings is 1. The minimum absolute atomic E-state index is 0.0791. The van der Waals surface area contributed by atoms with Gasteiger partial charge in [-0.05, 0) is 50.5 Å². The van der Waals surface area contributed by atoms with Gasteiger partial charge in [-0.2, -0.15) is 5.10 Å². The molecule has 0 radical (unpaired) electrons. The lowest BCUT2D eigenvalue weighted by Gasteiger charge is -2.11. The molecule has 2 aliphatic carbocycles. The monoisotopic (exact) mass is 248 g/mol. The average Bonchev–Trinajstić information content (AvgIpc) is 3.01. The first-order chi connectivity index (χ1) is 8.22. The second-order valence-electron chi connectivity index (χ2n) is 5.07. The van der Waals surface area contributed by atoms with Crippen molar-refractivity contribution >= 4 is 23.0 Å². The summed E-state index contributed by atoms with van der Waals surface area (Å²) < 4.78 is 0. The fourth-order valence-electron chi connectivity index (χ4n) is 2.91. The Morgan fingerprint density at radius 3 is 3.00 bits per heavy atom. The third-order valence-electron chi connectivity index (χ3n) is 3.80. The third-order valence-corrected chi connectivity index (χ3v) is 4.67. The number of hydrogen-bond acceptors (Lipinski definition) is 3. The summed E-state index contributed by atoms with van der Waals surface area (Å²) in [4.78, 5) is 13.0. The Balaban J connectivity index is 1.64. The molecule has 2 unspecified atom stereocenters. The lowest BCUT2D eigenvalue weighted by Crippen LogP contribution is -2.21. The van der Waals surface area contributed by atoms with Gasteiger partial charge in [0.05, 0.1) is 5.56 Å². The molecule has 0 saturated heterocycles. The lowest BCUT2D eigenvalue weighted by atomic mass is 9.99. The molecule has 90 valence electrons. The molecule has 0 aliphatic heterocycles. The number of carbonyl (C=O) groups excluding carboxylic acids is 1. The van der Waals surface area contributed by atoms with E-state index in [-0.39, 0.29) is 5.91 Å². The Labute approximate surface area is 105 Å². The number of carbonyl (C=O) groups is 1. The van der Waals surface area contributed by atoms with Crippen molar-refractivity contribution in [1.82, 2.24) is 5.43 Å². The van der Waals surface area contributed by atoms with E-state index in [0.29, 0.717) is 5.92 Å². The Hall–Kier alpha value is -1.16. The maximum absolute atomic E-state index is 11.8. The van der Waals surface area contributed by atoms with Gasteiger partial charge in [0, 0.05) is 16.0 Å². The van der Waals surface area contributed by atoms with Crippen molar-refractivity contribution in [2.45, 2.75) is 32.6 Å². The summed E-state index contributed by atoms with van der Waals surface area (Å²) >= 11 is 1.59. The fourth-order valence-corrected chi connectivity index (χ4v) is 3.59. The van der Waals surface area contributed by atoms with Crippen molar-refractivity contribution in [3.8, 4) is 0 Å². The SMILES string of the molecule is Cc1cc(C(=O)NN=C2CC3CCC2C3)cs1. The van der Waals surface area contributed by atoms with Crippen LogP contribution in [0.3, 0.4) is 0 Å². The minimum atomic E-state index is -0.0791. The summed E-state index contributed by atoms with van der Waals surface area (Å²) in [5.41, 5.74) is 4.63. The molecule has 1 aromatic heterocycles. The van der Waals surface area contributed by atoms with Crippen LogP contribution in [-0.2, 0) is 0 Å². The van der Waals surface area contributed by atoms with Crippen molar-refractivity contribution in [3.05, 3.63) is 21.9 Å². The Morgan fingerprint density at radius 2 is 2.41 bits per heavy atom. The molecule has 1 N–H and O–H groups in total. The van der Waals surface area contributed by atoms with Crippen LogP contribution in [0.2, 0.25) is 0 Å². The molecule has 2 atom stereocenters. The summed E-state index contributed by atoms with van der Waals surface area (Å²) in [7, 11) is 0. The van der Waals surface area contributed by atoms with E-state index >= 15 is 0 Å². The topological polar surface area (TPSA) is 41.5 Å². The Morgan fingerprint density at radius 1 is 1.53 bits per heavy atom. The second kappa shape index (κ2) is 4.26. The van der Waals surface area contributed by atoms with Crippen LogP contribution in [-0.4, -0.2) is 11.6 Å². The van der Waals surface area contributed by atoms with Crippen molar-refractivity contribution < 1.29 is 4.79 Å². The zero-order valence-corrected chi connectivity index (χ0v) is 10.7. The van der Waals surface area contributed by atoms with E-state index in [2.05, 4.69) is 10.5 Å². The van der Waals surface area contributed by atoms with Gasteiger partial charge in [0.2, 0.25) is 0 Å². The quantitative estimate of drug-likeness (QED) is 0.803. The van der Waals surface area contributed by atoms with Crippen molar-refractivity contribution in [3.63, 3.8) is 0 Å². The molecular weight excluding hydrogens is 232 g/mol. The molecule has 4 heteroatoms. The number of aryl methyl sites for hydroxylation is 1. The zero-order chi connectivity index (χ0) is 11.8. The fraction of sp³-hybridized carbons (Fsp3) is 0.538. The van der Waals surface area contributed by atoms with Gasteiger partial charge in [0.1, 0.15) is 0 Å². The number of hydrazone groups is 1. The number of hydrogen-bond donors (Lipinski definition) is 1. The van der Waals surface area contributed by atoms with Crippen LogP contribution in [0.1, 0.15) is 40.9 Å². The van der Waals surface area contributed by atoms with Gasteiger partial charge in [-0.25, -0.2) is 5.43 Å². The van der Waals surface area contributed by atoms with Crippen LogP contribution in [0.4, 0.5) is 0 Å². The van der Waals surface area contributed by atoms with E-state index in [1.165, 1.54) is 25.0 Å². The zero-order valence-electron chi connectivity index (χ0n) is 9.90. The molecular formula is C13H16N2OS. The average molecular weight is 248 g/mol. The first-order valence-corrected chi connectivity index (χ1v) is 7.02. The third kappa shape index (κ3) is 2.14. The molecule has 2 fully saturated rings. The Kier molecular flexibility index (Phi) is 2.74. The maximum atomic E-state index is 11.8. The van der Waals surface area contributed by atoms with Gasteiger partial charge >= 0.3 is 0 Å². The largest absolute Gasteiger partial charge is 0.272 e. The lowest BCUT2D eigenvalue weighted by molar-refractivity contribution is 0.0955. The van der Waals surface area contributed by atoms with Crippen LogP contribution >= 0.6 is 11.3 Å². The van der Waals surface area contributed by atoms with E-state index in [4.69, 9.17) is 0 Å². The van der Waals surface area contributed by atoms with Crippen LogP contribution in [0, 0.1) is 18.8 Å². The van der Waals surface area contributed by atoms with Crippen molar-refractivity contribution in [1.29, 1.82) is 0 Å². The summed E-state index contributed by atoms with van der Waals surface area (Å²) in [6.07, 6.45) is 4.98. The Bertz CT molecular complexity index is 478. The standard InChI is InChI=1S/C13H16N2OS/c1-8-4-11(7-17-8)13(16)15-14-12-6-9-2-3-10(12)5-9/h4,7,9-10H,2-3,5-6H2,1H3,(H,15,16). The molecule has 2 aliphatic rings. The molecule has 3 nitrogen and oxygen atoms in total. The van der Waals surface area contributed by atoms with Gasteiger partial charge in [0.25, 0.3) is 5.91 Å². The number of fused-ring (bicyclic) bond motifs is 2. The number of amides is 1. The molecule has 2 bridgehead atoms. The summed E-state index contributed by atoms with van der Waals surface area (Å²) in [5.74, 6) is 1.40. The van der Waals surface area contributed by atoms with E-state index < -0.39 is 0 Å². The van der Waals surface area contributed by atoms with Crippen molar-refractivity contribution in [2.24, 2.45) is 16.9 Å². The number of rotatable bonds is 2. The highest BCUT2D eigenvalue weighted by atomic mass is 32.1. The predicted octanol–water partition coefficient (Wildman–Crippen LogP) is 2.96. The molecule has 1 aromatic rings. The number of nitrogens with one attached hydrogen (secondary N) is 1. The smallest absolute Gasteiger partial charge is 0.267 e. The predicted molar refractivity (Wildman–Crippen MR) is 69.4 cm³/mol. The van der Waals surface area contributed by atoms with Crippen LogP contribution in [0.15, 0.2) is 16.5 Å². The van der Waals surface area contributed by atoms with Crippen LogP contribution < -0.4 is 5.43 Å². The minimum Gasteiger partial charge on any atom is -0.267 e. The molecule has 0 spiro atoms. The first-order valence-electron chi connectivity index (χ1n) is 6.14. The van der Waals surface area contributed by atoms with Gasteiger partial charge in [-0.3, -0.25) is 4.79 Å². The molecule has 2 saturated carbocycles. The van der Waals surface area contributed by atoms with Gasteiger partial charge in [-0.1, -0.05) is 0 Å².